The van der Waals surface area contributed by atoms with E-state index in [1.54, 1.807) is 16.9 Å². The fraction of sp³-hybridized carbons (Fsp3) is 0.118. The summed E-state index contributed by atoms with van der Waals surface area (Å²) in [7, 11) is 0. The van der Waals surface area contributed by atoms with Crippen molar-refractivity contribution in [1.82, 2.24) is 15.0 Å². The lowest BCUT2D eigenvalue weighted by atomic mass is 10.1. The van der Waals surface area contributed by atoms with Gasteiger partial charge in [0.05, 0.1) is 22.6 Å². The number of carbonyl (C=O) groups is 1. The number of hydrogen-bond donors (Lipinski definition) is 0. The topological polar surface area (TPSA) is 47.8 Å². The number of benzene rings is 2. The van der Waals surface area contributed by atoms with Crippen LogP contribution in [-0.2, 0) is 6.42 Å². The molecular weight excluding hydrogens is 298 g/mol. The second-order valence-electron chi connectivity index (χ2n) is 4.88. The number of aryl methyl sites for hydroxylation is 1. The highest BCUT2D eigenvalue weighted by Crippen LogP contribution is 2.20. The van der Waals surface area contributed by atoms with Crippen molar-refractivity contribution in [2.24, 2.45) is 0 Å². The first-order valence-corrected chi connectivity index (χ1v) is 7.36. The van der Waals surface area contributed by atoms with Crippen LogP contribution in [0.3, 0.4) is 0 Å². The largest absolute Gasteiger partial charge is 0.294 e. The molecule has 110 valence electrons. The summed E-state index contributed by atoms with van der Waals surface area (Å²) in [5, 5.41) is 8.60. The van der Waals surface area contributed by atoms with Gasteiger partial charge in [0, 0.05) is 12.0 Å². The van der Waals surface area contributed by atoms with E-state index in [0.717, 1.165) is 16.9 Å². The van der Waals surface area contributed by atoms with E-state index in [9.17, 15) is 4.79 Å². The number of nitrogens with zero attached hydrogens (tertiary/aromatic N) is 3. The Morgan fingerprint density at radius 1 is 1.05 bits per heavy atom. The molecule has 0 bridgehead atoms. The molecule has 2 aromatic carbocycles. The lowest BCUT2D eigenvalue weighted by Gasteiger charge is -2.07. The van der Waals surface area contributed by atoms with Crippen LogP contribution in [0.2, 0.25) is 5.02 Å². The second-order valence-corrected chi connectivity index (χ2v) is 5.28. The van der Waals surface area contributed by atoms with Gasteiger partial charge in [0.15, 0.2) is 5.78 Å². The van der Waals surface area contributed by atoms with Gasteiger partial charge in [-0.15, -0.1) is 5.10 Å². The SMILES string of the molecule is O=C(CCc1cnnn1-c1ccccc1Cl)c1ccccc1. The van der Waals surface area contributed by atoms with Crippen LogP contribution in [0.25, 0.3) is 5.69 Å². The van der Waals surface area contributed by atoms with E-state index in [0.29, 0.717) is 17.9 Å². The van der Waals surface area contributed by atoms with Crippen LogP contribution < -0.4 is 0 Å². The summed E-state index contributed by atoms with van der Waals surface area (Å²) in [6.45, 7) is 0. The van der Waals surface area contributed by atoms with Gasteiger partial charge >= 0.3 is 0 Å². The van der Waals surface area contributed by atoms with Gasteiger partial charge in [-0.2, -0.15) is 0 Å². The maximum atomic E-state index is 12.2. The van der Waals surface area contributed by atoms with Gasteiger partial charge in [0.2, 0.25) is 0 Å². The second kappa shape index (κ2) is 6.54. The van der Waals surface area contributed by atoms with E-state index >= 15 is 0 Å². The number of rotatable bonds is 5. The fourth-order valence-corrected chi connectivity index (χ4v) is 2.48. The van der Waals surface area contributed by atoms with Crippen LogP contribution in [0.15, 0.2) is 60.8 Å². The predicted octanol–water partition coefficient (Wildman–Crippen LogP) is 3.74. The predicted molar refractivity (Wildman–Crippen MR) is 85.5 cm³/mol. The Hall–Kier alpha value is -2.46. The Labute approximate surface area is 133 Å². The monoisotopic (exact) mass is 311 g/mol. The van der Waals surface area contributed by atoms with Crippen LogP contribution in [-0.4, -0.2) is 20.8 Å². The molecule has 0 aliphatic carbocycles. The van der Waals surface area contributed by atoms with Crippen molar-refractivity contribution in [2.45, 2.75) is 12.8 Å². The van der Waals surface area contributed by atoms with E-state index in [-0.39, 0.29) is 5.78 Å². The highest BCUT2D eigenvalue weighted by Gasteiger charge is 2.12. The lowest BCUT2D eigenvalue weighted by molar-refractivity contribution is 0.0982. The maximum Gasteiger partial charge on any atom is 0.163 e. The highest BCUT2D eigenvalue weighted by molar-refractivity contribution is 6.32. The van der Waals surface area contributed by atoms with Crippen LogP contribution in [0.1, 0.15) is 22.5 Å². The summed E-state index contributed by atoms with van der Waals surface area (Å²) < 4.78 is 1.68. The molecule has 4 nitrogen and oxygen atoms in total. The minimum atomic E-state index is 0.104. The average molecular weight is 312 g/mol. The third kappa shape index (κ3) is 3.07. The molecule has 22 heavy (non-hydrogen) atoms. The van der Waals surface area contributed by atoms with E-state index < -0.39 is 0 Å². The Bertz CT molecular complexity index is 783. The van der Waals surface area contributed by atoms with Crippen molar-refractivity contribution in [1.29, 1.82) is 0 Å². The van der Waals surface area contributed by atoms with E-state index in [1.165, 1.54) is 0 Å². The van der Waals surface area contributed by atoms with Gasteiger partial charge in [0.1, 0.15) is 0 Å². The first-order valence-electron chi connectivity index (χ1n) is 6.98. The van der Waals surface area contributed by atoms with Gasteiger partial charge in [-0.3, -0.25) is 4.79 Å². The molecule has 1 aromatic heterocycles. The summed E-state index contributed by atoms with van der Waals surface area (Å²) in [4.78, 5) is 12.2. The third-order valence-corrected chi connectivity index (χ3v) is 3.72. The van der Waals surface area contributed by atoms with Gasteiger partial charge in [-0.25, -0.2) is 4.68 Å². The average Bonchev–Trinajstić information content (AvgIpc) is 3.02. The Morgan fingerprint density at radius 2 is 1.77 bits per heavy atom. The van der Waals surface area contributed by atoms with Crippen LogP contribution in [0, 0.1) is 0 Å². The molecule has 0 saturated carbocycles. The number of aromatic nitrogens is 3. The number of halogens is 1. The highest BCUT2D eigenvalue weighted by atomic mass is 35.5. The lowest BCUT2D eigenvalue weighted by Crippen LogP contribution is -2.06. The standard InChI is InChI=1S/C17H14ClN3O/c18-15-8-4-5-9-16(15)21-14(12-19-20-21)10-11-17(22)13-6-2-1-3-7-13/h1-9,12H,10-11H2. The van der Waals surface area contributed by atoms with E-state index in [2.05, 4.69) is 10.3 Å². The van der Waals surface area contributed by atoms with Crippen LogP contribution in [0.4, 0.5) is 0 Å². The zero-order valence-electron chi connectivity index (χ0n) is 11.8. The molecular formula is C17H14ClN3O. The molecule has 0 unspecified atom stereocenters. The molecule has 0 fully saturated rings. The molecule has 0 N–H and O–H groups in total. The number of para-hydroxylation sites is 1. The third-order valence-electron chi connectivity index (χ3n) is 3.40. The summed E-state index contributed by atoms with van der Waals surface area (Å²) in [6, 6.07) is 16.7. The Kier molecular flexibility index (Phi) is 4.30. The van der Waals surface area contributed by atoms with E-state index in [4.69, 9.17) is 11.6 Å². The summed E-state index contributed by atoms with van der Waals surface area (Å²) in [5.41, 5.74) is 2.35. The molecule has 1 heterocycles. The normalized spacial score (nSPS) is 10.6. The smallest absolute Gasteiger partial charge is 0.163 e. The first-order chi connectivity index (χ1) is 10.8. The van der Waals surface area contributed by atoms with Crippen molar-refractivity contribution in [3.63, 3.8) is 0 Å². The van der Waals surface area contributed by atoms with Crippen LogP contribution >= 0.6 is 11.6 Å². The molecule has 5 heteroatoms. The molecule has 0 saturated heterocycles. The minimum Gasteiger partial charge on any atom is -0.294 e. The molecule has 3 aromatic rings. The van der Waals surface area contributed by atoms with Gasteiger partial charge < -0.3 is 0 Å². The van der Waals surface area contributed by atoms with Gasteiger partial charge in [-0.05, 0) is 18.6 Å². The zero-order chi connectivity index (χ0) is 15.4. The number of hydrogen-bond acceptors (Lipinski definition) is 3. The van der Waals surface area contributed by atoms with Crippen molar-refractivity contribution >= 4 is 17.4 Å². The summed E-state index contributed by atoms with van der Waals surface area (Å²) >= 11 is 6.19. The molecule has 0 radical (unpaired) electrons. The zero-order valence-corrected chi connectivity index (χ0v) is 12.6. The Balaban J connectivity index is 1.77. The molecule has 0 aliphatic rings. The van der Waals surface area contributed by atoms with Crippen molar-refractivity contribution < 1.29 is 4.79 Å². The minimum absolute atomic E-state index is 0.104. The molecule has 0 spiro atoms. The summed E-state index contributed by atoms with van der Waals surface area (Å²) in [5.74, 6) is 0.104. The number of Topliss-reactive ketones (excluding diaryl/α,β-unsaturated/α-hetero) is 1. The number of carbonyl (C=O) groups excluding carboxylic acids is 1. The quantitative estimate of drug-likeness (QED) is 0.674. The first kappa shape index (κ1) is 14.5. The van der Waals surface area contributed by atoms with Crippen molar-refractivity contribution in [2.75, 3.05) is 0 Å². The Morgan fingerprint density at radius 3 is 2.55 bits per heavy atom. The van der Waals surface area contributed by atoms with Crippen molar-refractivity contribution in [3.8, 4) is 5.69 Å². The van der Waals surface area contributed by atoms with Gasteiger partial charge in [0.25, 0.3) is 0 Å². The summed E-state index contributed by atoms with van der Waals surface area (Å²) in [6.07, 6.45) is 2.63. The molecule has 3 rings (SSSR count). The maximum absolute atomic E-state index is 12.2. The number of ketones is 1. The van der Waals surface area contributed by atoms with Crippen LogP contribution in [0.5, 0.6) is 0 Å². The fourth-order valence-electron chi connectivity index (χ4n) is 2.26. The molecule has 0 amide bonds. The molecule has 0 atom stereocenters. The van der Waals surface area contributed by atoms with Gasteiger partial charge in [-0.1, -0.05) is 59.3 Å². The van der Waals surface area contributed by atoms with Crippen molar-refractivity contribution in [3.05, 3.63) is 77.1 Å². The molecule has 0 aliphatic heterocycles. The van der Waals surface area contributed by atoms with E-state index in [1.807, 2.05) is 48.5 Å².